The van der Waals surface area contributed by atoms with Gasteiger partial charge in [-0.3, -0.25) is 4.98 Å². The highest BCUT2D eigenvalue weighted by molar-refractivity contribution is 5.41. The Kier molecular flexibility index (Phi) is 3.35. The van der Waals surface area contributed by atoms with E-state index in [-0.39, 0.29) is 17.9 Å². The second-order valence-corrected chi connectivity index (χ2v) is 2.81. The zero-order valence-corrected chi connectivity index (χ0v) is 8.05. The molecule has 2 N–H and O–H groups in total. The number of hydrogen-bond acceptors (Lipinski definition) is 3. The normalized spacial score (nSPS) is 10.7. The van der Waals surface area contributed by atoms with Crippen molar-refractivity contribution in [3.63, 3.8) is 0 Å². The number of aromatic nitrogens is 1. The summed E-state index contributed by atoms with van der Waals surface area (Å²) in [7, 11) is 1.33. The predicted molar refractivity (Wildman–Crippen MR) is 48.4 cm³/mol. The summed E-state index contributed by atoms with van der Waals surface area (Å²) in [5.41, 5.74) is 6.11. The van der Waals surface area contributed by atoms with Gasteiger partial charge in [0.05, 0.1) is 18.9 Å². The zero-order chi connectivity index (χ0) is 10.7. The summed E-state index contributed by atoms with van der Waals surface area (Å²) in [5, 5.41) is 0. The molecule has 0 amide bonds. The summed E-state index contributed by atoms with van der Waals surface area (Å²) < 4.78 is 30.2. The predicted octanol–water partition coefficient (Wildman–Crippen LogP) is 1.79. The van der Waals surface area contributed by atoms with E-state index in [0.717, 1.165) is 0 Å². The molecular weight excluding hydrogens is 190 g/mol. The van der Waals surface area contributed by atoms with Crippen LogP contribution in [0.3, 0.4) is 0 Å². The minimum atomic E-state index is -2.59. The molecular formula is C9H12F2N2O. The lowest BCUT2D eigenvalue weighted by molar-refractivity contribution is 0.145. The first-order valence-corrected chi connectivity index (χ1v) is 4.12. The third-order valence-electron chi connectivity index (χ3n) is 2.05. The molecule has 1 aromatic heterocycles. The summed E-state index contributed by atoms with van der Waals surface area (Å²) in [6.45, 7) is 1.68. The molecule has 0 aliphatic carbocycles. The summed E-state index contributed by atoms with van der Waals surface area (Å²) in [5.74, 6) is 0.0889. The van der Waals surface area contributed by atoms with E-state index in [9.17, 15) is 8.78 Å². The van der Waals surface area contributed by atoms with Crippen LogP contribution in [-0.4, -0.2) is 12.1 Å². The summed E-state index contributed by atoms with van der Waals surface area (Å²) >= 11 is 0. The van der Waals surface area contributed by atoms with Gasteiger partial charge in [0.2, 0.25) is 0 Å². The maximum Gasteiger partial charge on any atom is 0.267 e. The van der Waals surface area contributed by atoms with Gasteiger partial charge in [-0.2, -0.15) is 0 Å². The van der Waals surface area contributed by atoms with E-state index in [0.29, 0.717) is 11.3 Å². The molecule has 0 unspecified atom stereocenters. The molecule has 0 saturated heterocycles. The van der Waals surface area contributed by atoms with E-state index >= 15 is 0 Å². The molecule has 78 valence electrons. The van der Waals surface area contributed by atoms with Crippen molar-refractivity contribution in [3.8, 4) is 5.75 Å². The molecule has 0 saturated carbocycles. The van der Waals surface area contributed by atoms with Gasteiger partial charge in [0.25, 0.3) is 6.43 Å². The van der Waals surface area contributed by atoms with E-state index in [2.05, 4.69) is 4.98 Å². The van der Waals surface area contributed by atoms with Gasteiger partial charge in [-0.1, -0.05) is 0 Å². The quantitative estimate of drug-likeness (QED) is 0.812. The number of halogens is 2. The number of alkyl halides is 2. The lowest BCUT2D eigenvalue weighted by Crippen LogP contribution is -2.08. The van der Waals surface area contributed by atoms with Crippen LogP contribution in [0.25, 0.3) is 0 Å². The van der Waals surface area contributed by atoms with Crippen molar-refractivity contribution in [1.82, 2.24) is 4.98 Å². The van der Waals surface area contributed by atoms with Crippen molar-refractivity contribution < 1.29 is 13.5 Å². The van der Waals surface area contributed by atoms with Crippen molar-refractivity contribution in [2.75, 3.05) is 7.11 Å². The Bertz CT molecular complexity index is 329. The summed E-state index contributed by atoms with van der Waals surface area (Å²) in [6, 6.07) is 0. The number of pyridine rings is 1. The molecule has 0 aromatic carbocycles. The fourth-order valence-electron chi connectivity index (χ4n) is 1.31. The SMILES string of the molecule is COc1cnc(C)c(CN)c1C(F)F. The fourth-order valence-corrected chi connectivity index (χ4v) is 1.31. The maximum atomic E-state index is 12.7. The molecule has 0 spiro atoms. The average Bonchev–Trinajstić information content (AvgIpc) is 2.17. The number of aryl methyl sites for hydroxylation is 1. The molecule has 14 heavy (non-hydrogen) atoms. The van der Waals surface area contributed by atoms with Crippen LogP contribution >= 0.6 is 0 Å². The zero-order valence-electron chi connectivity index (χ0n) is 8.05. The Hall–Kier alpha value is -1.23. The largest absolute Gasteiger partial charge is 0.495 e. The van der Waals surface area contributed by atoms with Crippen LogP contribution in [-0.2, 0) is 6.54 Å². The third-order valence-corrected chi connectivity index (χ3v) is 2.05. The second-order valence-electron chi connectivity index (χ2n) is 2.81. The Morgan fingerprint density at radius 2 is 2.21 bits per heavy atom. The van der Waals surface area contributed by atoms with Gasteiger partial charge >= 0.3 is 0 Å². The molecule has 1 heterocycles. The van der Waals surface area contributed by atoms with E-state index in [1.807, 2.05) is 0 Å². The highest BCUT2D eigenvalue weighted by Crippen LogP contribution is 2.32. The van der Waals surface area contributed by atoms with Gasteiger partial charge in [-0.15, -0.1) is 0 Å². The number of rotatable bonds is 3. The molecule has 0 atom stereocenters. The van der Waals surface area contributed by atoms with Crippen molar-refractivity contribution in [3.05, 3.63) is 23.0 Å². The molecule has 3 nitrogen and oxygen atoms in total. The van der Waals surface area contributed by atoms with Gasteiger partial charge in [-0.25, -0.2) is 8.78 Å². The molecule has 0 fully saturated rings. The molecule has 0 aliphatic heterocycles. The fraction of sp³-hybridized carbons (Fsp3) is 0.444. The van der Waals surface area contributed by atoms with Gasteiger partial charge in [-0.05, 0) is 12.5 Å². The first-order valence-electron chi connectivity index (χ1n) is 4.12. The minimum Gasteiger partial charge on any atom is -0.495 e. The Labute approximate surface area is 80.9 Å². The van der Waals surface area contributed by atoms with Crippen LogP contribution in [0, 0.1) is 6.92 Å². The first-order chi connectivity index (χ1) is 6.61. The van der Waals surface area contributed by atoms with Crippen molar-refractivity contribution in [2.24, 2.45) is 5.73 Å². The highest BCUT2D eigenvalue weighted by Gasteiger charge is 2.20. The van der Waals surface area contributed by atoms with Crippen molar-refractivity contribution >= 4 is 0 Å². The van der Waals surface area contributed by atoms with Gasteiger partial charge in [0.1, 0.15) is 5.75 Å². The minimum absolute atomic E-state index is 0.0374. The van der Waals surface area contributed by atoms with E-state index in [1.165, 1.54) is 13.3 Å². The topological polar surface area (TPSA) is 48.1 Å². The summed E-state index contributed by atoms with van der Waals surface area (Å²) in [4.78, 5) is 3.93. The molecule has 0 radical (unpaired) electrons. The molecule has 0 aliphatic rings. The van der Waals surface area contributed by atoms with E-state index in [1.54, 1.807) is 6.92 Å². The molecule has 5 heteroatoms. The van der Waals surface area contributed by atoms with Crippen LogP contribution in [0.15, 0.2) is 6.20 Å². The molecule has 1 aromatic rings. The standard InChI is InChI=1S/C9H12F2N2O/c1-5-6(3-12)8(9(10)11)7(14-2)4-13-5/h4,9H,3,12H2,1-2H3. The monoisotopic (exact) mass is 202 g/mol. The van der Waals surface area contributed by atoms with Crippen LogP contribution in [0.5, 0.6) is 5.75 Å². The molecule has 0 bridgehead atoms. The van der Waals surface area contributed by atoms with Crippen molar-refractivity contribution in [1.29, 1.82) is 0 Å². The number of ether oxygens (including phenoxy) is 1. The maximum absolute atomic E-state index is 12.7. The van der Waals surface area contributed by atoms with Crippen LogP contribution in [0.2, 0.25) is 0 Å². The molecule has 1 rings (SSSR count). The summed E-state index contributed by atoms with van der Waals surface area (Å²) in [6.07, 6.45) is -1.30. The lowest BCUT2D eigenvalue weighted by Gasteiger charge is -2.13. The van der Waals surface area contributed by atoms with Gasteiger partial charge in [0.15, 0.2) is 0 Å². The van der Waals surface area contributed by atoms with Crippen LogP contribution in [0.1, 0.15) is 23.2 Å². The Balaban J connectivity index is 3.36. The van der Waals surface area contributed by atoms with Gasteiger partial charge < -0.3 is 10.5 Å². The first kappa shape index (κ1) is 10.8. The average molecular weight is 202 g/mol. The van der Waals surface area contributed by atoms with Crippen LogP contribution in [0.4, 0.5) is 8.78 Å². The Morgan fingerprint density at radius 3 is 2.64 bits per heavy atom. The van der Waals surface area contributed by atoms with Crippen LogP contribution < -0.4 is 10.5 Å². The van der Waals surface area contributed by atoms with Gasteiger partial charge in [0, 0.05) is 12.2 Å². The number of hydrogen-bond donors (Lipinski definition) is 1. The number of methoxy groups -OCH3 is 1. The number of nitrogens with two attached hydrogens (primary N) is 1. The number of nitrogens with zero attached hydrogens (tertiary/aromatic N) is 1. The third kappa shape index (κ3) is 1.82. The van der Waals surface area contributed by atoms with Crippen molar-refractivity contribution in [2.45, 2.75) is 19.9 Å². The smallest absolute Gasteiger partial charge is 0.267 e. The second kappa shape index (κ2) is 4.32. The Morgan fingerprint density at radius 1 is 1.57 bits per heavy atom. The highest BCUT2D eigenvalue weighted by atomic mass is 19.3. The van der Waals surface area contributed by atoms with E-state index < -0.39 is 6.43 Å². The van der Waals surface area contributed by atoms with E-state index in [4.69, 9.17) is 10.5 Å². The lowest BCUT2D eigenvalue weighted by atomic mass is 10.1.